The van der Waals surface area contributed by atoms with Crippen LogP contribution in [0.3, 0.4) is 0 Å². The van der Waals surface area contributed by atoms with E-state index < -0.39 is 5.97 Å². The number of nitrogens with zero attached hydrogens (tertiary/aromatic N) is 2. The van der Waals surface area contributed by atoms with Gasteiger partial charge in [0.15, 0.2) is 22.0 Å². The summed E-state index contributed by atoms with van der Waals surface area (Å²) in [5.41, 5.74) is 0.392. The second-order valence-electron chi connectivity index (χ2n) is 3.78. The van der Waals surface area contributed by atoms with Crippen molar-refractivity contribution in [3.63, 3.8) is 0 Å². The molecule has 3 aromatic heterocycles. The van der Waals surface area contributed by atoms with Crippen LogP contribution in [0.15, 0.2) is 34.9 Å². The lowest BCUT2D eigenvalue weighted by Gasteiger charge is -2.00. The SMILES string of the molecule is O=C(O)c1cccn2c(-c3ccc(Cl)o3)nc(Cl)c12. The molecule has 0 aromatic carbocycles. The first-order valence-electron chi connectivity index (χ1n) is 5.23. The number of fused-ring (bicyclic) bond motifs is 1. The van der Waals surface area contributed by atoms with E-state index in [9.17, 15) is 4.79 Å². The summed E-state index contributed by atoms with van der Waals surface area (Å²) in [5.74, 6) is -0.263. The van der Waals surface area contributed by atoms with Crippen LogP contribution in [0.1, 0.15) is 10.4 Å². The van der Waals surface area contributed by atoms with E-state index in [1.165, 1.54) is 6.07 Å². The topological polar surface area (TPSA) is 67.7 Å². The van der Waals surface area contributed by atoms with E-state index in [0.29, 0.717) is 17.1 Å². The number of carbonyl (C=O) groups is 1. The Morgan fingerprint density at radius 2 is 2.11 bits per heavy atom. The number of imidazole rings is 1. The Balaban J connectivity index is 2.34. The summed E-state index contributed by atoms with van der Waals surface area (Å²) in [4.78, 5) is 15.3. The van der Waals surface area contributed by atoms with E-state index in [1.807, 2.05) is 0 Å². The molecule has 5 nitrogen and oxygen atoms in total. The monoisotopic (exact) mass is 296 g/mol. The summed E-state index contributed by atoms with van der Waals surface area (Å²) < 4.78 is 6.82. The van der Waals surface area contributed by atoms with Gasteiger partial charge >= 0.3 is 5.97 Å². The van der Waals surface area contributed by atoms with Gasteiger partial charge < -0.3 is 9.52 Å². The van der Waals surface area contributed by atoms with Crippen LogP contribution in [0.5, 0.6) is 0 Å². The number of aromatic nitrogens is 2. The van der Waals surface area contributed by atoms with Gasteiger partial charge in [0.2, 0.25) is 0 Å². The van der Waals surface area contributed by atoms with Gasteiger partial charge in [-0.25, -0.2) is 9.78 Å². The van der Waals surface area contributed by atoms with Gasteiger partial charge in [0.25, 0.3) is 0 Å². The molecule has 0 aliphatic heterocycles. The maximum Gasteiger partial charge on any atom is 0.337 e. The van der Waals surface area contributed by atoms with Crippen molar-refractivity contribution >= 4 is 34.7 Å². The number of halogens is 2. The van der Waals surface area contributed by atoms with Crippen LogP contribution in [0.2, 0.25) is 10.4 Å². The standard InChI is InChI=1S/C12H6Cl2N2O3/c13-8-4-3-7(19-8)11-15-10(14)9-6(12(17)18)2-1-5-16(9)11/h1-5H,(H,17,18). The van der Waals surface area contributed by atoms with Crippen LogP contribution >= 0.6 is 23.2 Å². The first-order valence-corrected chi connectivity index (χ1v) is 5.99. The number of furan rings is 1. The number of pyridine rings is 1. The average molecular weight is 297 g/mol. The van der Waals surface area contributed by atoms with E-state index in [2.05, 4.69) is 4.98 Å². The minimum absolute atomic E-state index is 0.0731. The lowest BCUT2D eigenvalue weighted by atomic mass is 10.2. The Kier molecular flexibility index (Phi) is 2.73. The normalized spacial score (nSPS) is 11.1. The Morgan fingerprint density at radius 1 is 1.32 bits per heavy atom. The molecular formula is C12H6Cl2N2O3. The molecule has 0 amide bonds. The van der Waals surface area contributed by atoms with Gasteiger partial charge in [0.05, 0.1) is 11.1 Å². The summed E-state index contributed by atoms with van der Waals surface area (Å²) in [6, 6.07) is 6.28. The van der Waals surface area contributed by atoms with Crippen LogP contribution in [-0.4, -0.2) is 20.5 Å². The van der Waals surface area contributed by atoms with Crippen LogP contribution in [-0.2, 0) is 0 Å². The summed E-state index contributed by atoms with van der Waals surface area (Å²) >= 11 is 11.7. The number of hydrogen-bond acceptors (Lipinski definition) is 3. The second kappa shape index (κ2) is 4.29. The first kappa shape index (κ1) is 12.1. The highest BCUT2D eigenvalue weighted by molar-refractivity contribution is 6.34. The molecule has 1 N–H and O–H groups in total. The number of carboxylic acid groups (broad SMARTS) is 1. The molecule has 7 heteroatoms. The predicted molar refractivity (Wildman–Crippen MR) is 69.9 cm³/mol. The maximum atomic E-state index is 11.2. The largest absolute Gasteiger partial charge is 0.478 e. The molecule has 3 aromatic rings. The fourth-order valence-corrected chi connectivity index (χ4v) is 2.30. The summed E-state index contributed by atoms with van der Waals surface area (Å²) in [5, 5.41) is 9.46. The number of rotatable bonds is 2. The minimum atomic E-state index is -1.07. The third kappa shape index (κ3) is 1.87. The summed E-state index contributed by atoms with van der Waals surface area (Å²) in [7, 11) is 0. The zero-order valence-corrected chi connectivity index (χ0v) is 10.8. The molecule has 96 valence electrons. The molecule has 0 atom stereocenters. The van der Waals surface area contributed by atoms with E-state index >= 15 is 0 Å². The van der Waals surface area contributed by atoms with Gasteiger partial charge in [-0.15, -0.1) is 0 Å². The van der Waals surface area contributed by atoms with E-state index in [1.54, 1.807) is 28.8 Å². The Labute approximate surface area is 117 Å². The molecule has 0 aliphatic rings. The fraction of sp³-hybridized carbons (Fsp3) is 0. The van der Waals surface area contributed by atoms with Crippen LogP contribution in [0.25, 0.3) is 17.1 Å². The van der Waals surface area contributed by atoms with Crippen molar-refractivity contribution in [1.29, 1.82) is 0 Å². The van der Waals surface area contributed by atoms with E-state index in [4.69, 9.17) is 32.7 Å². The molecule has 0 radical (unpaired) electrons. The summed E-state index contributed by atoms with van der Waals surface area (Å²) in [6.45, 7) is 0. The number of aromatic carboxylic acids is 1. The van der Waals surface area contributed by atoms with Crippen molar-refractivity contribution in [2.24, 2.45) is 0 Å². The van der Waals surface area contributed by atoms with Crippen molar-refractivity contribution in [3.05, 3.63) is 46.4 Å². The van der Waals surface area contributed by atoms with Gasteiger partial charge in [-0.1, -0.05) is 11.6 Å². The smallest absolute Gasteiger partial charge is 0.337 e. The molecular weight excluding hydrogens is 291 g/mol. The lowest BCUT2D eigenvalue weighted by Crippen LogP contribution is -2.00. The van der Waals surface area contributed by atoms with Crippen molar-refractivity contribution in [1.82, 2.24) is 9.38 Å². The molecule has 0 saturated heterocycles. The van der Waals surface area contributed by atoms with Crippen molar-refractivity contribution < 1.29 is 14.3 Å². The molecule has 0 spiro atoms. The van der Waals surface area contributed by atoms with Crippen LogP contribution < -0.4 is 0 Å². The number of hydrogen-bond donors (Lipinski definition) is 1. The maximum absolute atomic E-state index is 11.2. The molecule has 0 saturated carbocycles. The number of carboxylic acids is 1. The second-order valence-corrected chi connectivity index (χ2v) is 4.51. The third-order valence-corrected chi connectivity index (χ3v) is 3.11. The third-order valence-electron chi connectivity index (χ3n) is 2.65. The molecule has 0 fully saturated rings. The highest BCUT2D eigenvalue weighted by atomic mass is 35.5. The van der Waals surface area contributed by atoms with Crippen molar-refractivity contribution in [3.8, 4) is 11.6 Å². The zero-order chi connectivity index (χ0) is 13.6. The highest BCUT2D eigenvalue weighted by Crippen LogP contribution is 2.30. The van der Waals surface area contributed by atoms with Crippen molar-refractivity contribution in [2.75, 3.05) is 0 Å². The van der Waals surface area contributed by atoms with Gasteiger partial charge in [-0.3, -0.25) is 4.40 Å². The Bertz CT molecular complexity index is 791. The Hall–Kier alpha value is -1.98. The summed E-state index contributed by atoms with van der Waals surface area (Å²) in [6.07, 6.45) is 1.66. The first-order chi connectivity index (χ1) is 9.08. The van der Waals surface area contributed by atoms with Crippen LogP contribution in [0.4, 0.5) is 0 Å². The van der Waals surface area contributed by atoms with Crippen LogP contribution in [0, 0.1) is 0 Å². The van der Waals surface area contributed by atoms with Gasteiger partial charge in [0, 0.05) is 6.20 Å². The highest BCUT2D eigenvalue weighted by Gasteiger charge is 2.19. The zero-order valence-electron chi connectivity index (χ0n) is 9.30. The van der Waals surface area contributed by atoms with E-state index in [-0.39, 0.29) is 15.9 Å². The lowest BCUT2D eigenvalue weighted by molar-refractivity contribution is 0.0698. The molecule has 3 heterocycles. The molecule has 19 heavy (non-hydrogen) atoms. The fourth-order valence-electron chi connectivity index (χ4n) is 1.88. The Morgan fingerprint density at radius 3 is 2.74 bits per heavy atom. The molecule has 0 bridgehead atoms. The molecule has 0 unspecified atom stereocenters. The predicted octanol–water partition coefficient (Wildman–Crippen LogP) is 3.60. The van der Waals surface area contributed by atoms with Gasteiger partial charge in [-0.2, -0.15) is 0 Å². The quantitative estimate of drug-likeness (QED) is 0.784. The molecule has 3 rings (SSSR count). The van der Waals surface area contributed by atoms with Gasteiger partial charge in [-0.05, 0) is 35.9 Å². The van der Waals surface area contributed by atoms with Crippen molar-refractivity contribution in [2.45, 2.75) is 0 Å². The average Bonchev–Trinajstić information content (AvgIpc) is 2.94. The van der Waals surface area contributed by atoms with E-state index in [0.717, 1.165) is 0 Å². The van der Waals surface area contributed by atoms with Gasteiger partial charge in [0.1, 0.15) is 0 Å². The minimum Gasteiger partial charge on any atom is -0.478 e. The molecule has 0 aliphatic carbocycles.